The van der Waals surface area contributed by atoms with Crippen LogP contribution >= 0.6 is 0 Å². The van der Waals surface area contributed by atoms with Gasteiger partial charge in [0.05, 0.1) is 12.8 Å². The van der Waals surface area contributed by atoms with Crippen molar-refractivity contribution >= 4 is 11.5 Å². The summed E-state index contributed by atoms with van der Waals surface area (Å²) in [6, 6.07) is 12.1. The lowest BCUT2D eigenvalue weighted by Crippen LogP contribution is -2.16. The quantitative estimate of drug-likeness (QED) is 0.884. The van der Waals surface area contributed by atoms with E-state index in [4.69, 9.17) is 9.72 Å². The number of methoxy groups -OCH3 is 1. The van der Waals surface area contributed by atoms with E-state index in [1.165, 1.54) is 5.56 Å². The maximum Gasteiger partial charge on any atom is 0.142 e. The van der Waals surface area contributed by atoms with Crippen molar-refractivity contribution in [3.8, 4) is 5.75 Å². The average molecular weight is 285 g/mol. The van der Waals surface area contributed by atoms with E-state index in [0.717, 1.165) is 36.0 Å². The van der Waals surface area contributed by atoms with Gasteiger partial charge in [-0.2, -0.15) is 0 Å². The second-order valence-electron chi connectivity index (χ2n) is 4.93. The number of nitrogens with one attached hydrogen (secondary N) is 1. The standard InChI is InChI=1S/C17H23N3O/c1-5-18-12-14-10-11-17(19-13(14)2)20(3)15-8-6-7-9-16(15)21-4/h6-11,18H,5,12H2,1-4H3. The van der Waals surface area contributed by atoms with Crippen LogP contribution in [0.5, 0.6) is 5.75 Å². The van der Waals surface area contributed by atoms with Crippen molar-refractivity contribution in [2.24, 2.45) is 0 Å². The second-order valence-corrected chi connectivity index (χ2v) is 4.93. The van der Waals surface area contributed by atoms with E-state index in [2.05, 4.69) is 18.3 Å². The Hall–Kier alpha value is -2.07. The molecule has 0 bridgehead atoms. The van der Waals surface area contributed by atoms with Crippen molar-refractivity contribution in [2.75, 3.05) is 25.6 Å². The zero-order valence-corrected chi connectivity index (χ0v) is 13.2. The third-order valence-corrected chi connectivity index (χ3v) is 3.54. The van der Waals surface area contributed by atoms with Crippen LogP contribution in [0, 0.1) is 6.92 Å². The third-order valence-electron chi connectivity index (χ3n) is 3.54. The Labute approximate surface area is 126 Å². The molecule has 2 aromatic rings. The first-order valence-corrected chi connectivity index (χ1v) is 7.21. The van der Waals surface area contributed by atoms with Gasteiger partial charge in [-0.15, -0.1) is 0 Å². The number of hydrogen-bond donors (Lipinski definition) is 1. The minimum Gasteiger partial charge on any atom is -0.495 e. The molecular weight excluding hydrogens is 262 g/mol. The van der Waals surface area contributed by atoms with Gasteiger partial charge in [0.25, 0.3) is 0 Å². The van der Waals surface area contributed by atoms with E-state index >= 15 is 0 Å². The second kappa shape index (κ2) is 7.09. The zero-order chi connectivity index (χ0) is 15.2. The van der Waals surface area contributed by atoms with Gasteiger partial charge >= 0.3 is 0 Å². The van der Waals surface area contributed by atoms with Crippen molar-refractivity contribution in [3.63, 3.8) is 0 Å². The molecule has 1 N–H and O–H groups in total. The van der Waals surface area contributed by atoms with Crippen LogP contribution in [0.2, 0.25) is 0 Å². The van der Waals surface area contributed by atoms with Crippen molar-refractivity contribution in [2.45, 2.75) is 20.4 Å². The lowest BCUT2D eigenvalue weighted by Gasteiger charge is -2.21. The molecule has 112 valence electrons. The number of nitrogens with zero attached hydrogens (tertiary/aromatic N) is 2. The SMILES string of the molecule is CCNCc1ccc(N(C)c2ccccc2OC)nc1C. The van der Waals surface area contributed by atoms with Crippen LogP contribution in [0.3, 0.4) is 0 Å². The van der Waals surface area contributed by atoms with E-state index in [9.17, 15) is 0 Å². The zero-order valence-electron chi connectivity index (χ0n) is 13.2. The molecule has 0 saturated carbocycles. The summed E-state index contributed by atoms with van der Waals surface area (Å²) in [5, 5.41) is 3.33. The fraction of sp³-hybridized carbons (Fsp3) is 0.353. The minimum atomic E-state index is 0.844. The van der Waals surface area contributed by atoms with Crippen molar-refractivity contribution in [1.29, 1.82) is 0 Å². The van der Waals surface area contributed by atoms with Crippen LogP contribution < -0.4 is 15.0 Å². The molecule has 0 unspecified atom stereocenters. The maximum atomic E-state index is 5.42. The van der Waals surface area contributed by atoms with Crippen LogP contribution in [0.4, 0.5) is 11.5 Å². The van der Waals surface area contributed by atoms with E-state index in [-0.39, 0.29) is 0 Å². The lowest BCUT2D eigenvalue weighted by molar-refractivity contribution is 0.415. The number of hydrogen-bond acceptors (Lipinski definition) is 4. The van der Waals surface area contributed by atoms with Gasteiger partial charge in [-0.1, -0.05) is 25.1 Å². The molecule has 1 aromatic carbocycles. The van der Waals surface area contributed by atoms with Gasteiger partial charge in [-0.3, -0.25) is 0 Å². The Morgan fingerprint density at radius 3 is 2.62 bits per heavy atom. The Kier molecular flexibility index (Phi) is 5.17. The van der Waals surface area contributed by atoms with Gasteiger partial charge in [0, 0.05) is 19.3 Å². The van der Waals surface area contributed by atoms with E-state index in [0.29, 0.717) is 0 Å². The predicted molar refractivity (Wildman–Crippen MR) is 87.4 cm³/mol. The summed E-state index contributed by atoms with van der Waals surface area (Å²) in [5.41, 5.74) is 3.29. The highest BCUT2D eigenvalue weighted by atomic mass is 16.5. The maximum absolute atomic E-state index is 5.42. The fourth-order valence-corrected chi connectivity index (χ4v) is 2.24. The molecule has 4 nitrogen and oxygen atoms in total. The molecule has 0 spiro atoms. The summed E-state index contributed by atoms with van der Waals surface area (Å²) < 4.78 is 5.42. The number of aryl methyl sites for hydroxylation is 1. The van der Waals surface area contributed by atoms with Gasteiger partial charge in [0.1, 0.15) is 11.6 Å². The Bertz CT molecular complexity index is 598. The first-order chi connectivity index (χ1) is 10.2. The molecule has 0 radical (unpaired) electrons. The smallest absolute Gasteiger partial charge is 0.142 e. The van der Waals surface area contributed by atoms with E-state index in [1.54, 1.807) is 7.11 Å². The van der Waals surface area contributed by atoms with E-state index in [1.807, 2.05) is 49.2 Å². The Balaban J connectivity index is 2.27. The van der Waals surface area contributed by atoms with Gasteiger partial charge in [-0.25, -0.2) is 4.98 Å². The molecular formula is C17H23N3O. The van der Waals surface area contributed by atoms with Gasteiger partial charge in [-0.05, 0) is 37.2 Å². The number of anilines is 2. The molecule has 1 heterocycles. The predicted octanol–water partition coefficient (Wildman–Crippen LogP) is 3.28. The Morgan fingerprint density at radius 2 is 1.95 bits per heavy atom. The van der Waals surface area contributed by atoms with Gasteiger partial charge in [0.2, 0.25) is 0 Å². The molecule has 0 atom stereocenters. The molecule has 0 aliphatic carbocycles. The van der Waals surface area contributed by atoms with Crippen molar-refractivity contribution in [1.82, 2.24) is 10.3 Å². The number of para-hydroxylation sites is 2. The van der Waals surface area contributed by atoms with Gasteiger partial charge in [0.15, 0.2) is 0 Å². The van der Waals surface area contributed by atoms with Gasteiger partial charge < -0.3 is 15.0 Å². The fourth-order valence-electron chi connectivity index (χ4n) is 2.24. The largest absolute Gasteiger partial charge is 0.495 e. The number of pyridine rings is 1. The molecule has 0 fully saturated rings. The summed E-state index contributed by atoms with van der Waals surface area (Å²) in [4.78, 5) is 6.75. The number of aromatic nitrogens is 1. The first-order valence-electron chi connectivity index (χ1n) is 7.21. The first kappa shape index (κ1) is 15.3. The normalized spacial score (nSPS) is 10.5. The minimum absolute atomic E-state index is 0.844. The molecule has 21 heavy (non-hydrogen) atoms. The summed E-state index contributed by atoms with van der Waals surface area (Å²) in [7, 11) is 3.69. The summed E-state index contributed by atoms with van der Waals surface area (Å²) in [6.07, 6.45) is 0. The summed E-state index contributed by atoms with van der Waals surface area (Å²) in [5.74, 6) is 1.76. The highest BCUT2D eigenvalue weighted by molar-refractivity contribution is 5.66. The van der Waals surface area contributed by atoms with Crippen LogP contribution in [0.25, 0.3) is 0 Å². The lowest BCUT2D eigenvalue weighted by atomic mass is 10.2. The van der Waals surface area contributed by atoms with Crippen LogP contribution in [-0.2, 0) is 6.54 Å². The molecule has 2 rings (SSSR count). The highest BCUT2D eigenvalue weighted by Crippen LogP contribution is 2.31. The van der Waals surface area contributed by atoms with Crippen molar-refractivity contribution in [3.05, 3.63) is 47.7 Å². The van der Waals surface area contributed by atoms with Crippen LogP contribution in [0.1, 0.15) is 18.2 Å². The molecule has 0 aliphatic rings. The molecule has 4 heteroatoms. The van der Waals surface area contributed by atoms with E-state index < -0.39 is 0 Å². The molecule has 0 aliphatic heterocycles. The highest BCUT2D eigenvalue weighted by Gasteiger charge is 2.11. The summed E-state index contributed by atoms with van der Waals surface area (Å²) >= 11 is 0. The molecule has 0 saturated heterocycles. The van der Waals surface area contributed by atoms with Crippen LogP contribution in [0.15, 0.2) is 36.4 Å². The van der Waals surface area contributed by atoms with Crippen LogP contribution in [-0.4, -0.2) is 25.7 Å². The third kappa shape index (κ3) is 3.52. The topological polar surface area (TPSA) is 37.4 Å². The monoisotopic (exact) mass is 285 g/mol. The summed E-state index contributed by atoms with van der Waals surface area (Å²) in [6.45, 7) is 5.97. The average Bonchev–Trinajstić information content (AvgIpc) is 2.53. The number of rotatable bonds is 6. The van der Waals surface area contributed by atoms with Crippen molar-refractivity contribution < 1.29 is 4.74 Å². The number of benzene rings is 1. The molecule has 0 amide bonds. The molecule has 1 aromatic heterocycles. The number of ether oxygens (including phenoxy) is 1. The Morgan fingerprint density at radius 1 is 1.19 bits per heavy atom.